The second kappa shape index (κ2) is 9.74. The van der Waals surface area contributed by atoms with Gasteiger partial charge in [-0.1, -0.05) is 80.1 Å². The molecule has 0 aliphatic rings. The molecule has 2 nitrogen and oxygen atoms in total. The standard InChI is InChI=1S/C22H27NO/c1-4-12-22(21-15-10-7-11-16-21)24-23(17-5-2)19(3)18-20-13-8-6-9-14-20/h5-11,13-16,18,22H,2,4,12,17H2,1,3H3/b19-18+. The Kier molecular flexibility index (Phi) is 7.31. The zero-order chi connectivity index (χ0) is 17.2. The summed E-state index contributed by atoms with van der Waals surface area (Å²) in [7, 11) is 0. The van der Waals surface area contributed by atoms with Gasteiger partial charge in [-0.25, -0.2) is 0 Å². The van der Waals surface area contributed by atoms with Crippen molar-refractivity contribution >= 4 is 6.08 Å². The first-order valence-electron chi connectivity index (χ1n) is 8.58. The average Bonchev–Trinajstić information content (AvgIpc) is 2.62. The Bertz CT molecular complexity index is 634. The van der Waals surface area contributed by atoms with Gasteiger partial charge in [-0.3, -0.25) is 9.90 Å². The number of hydrogen-bond acceptors (Lipinski definition) is 2. The van der Waals surface area contributed by atoms with Gasteiger partial charge in [-0.05, 0) is 30.5 Å². The van der Waals surface area contributed by atoms with Crippen LogP contribution in [0.5, 0.6) is 0 Å². The molecule has 0 N–H and O–H groups in total. The fourth-order valence-electron chi connectivity index (χ4n) is 2.61. The van der Waals surface area contributed by atoms with Gasteiger partial charge < -0.3 is 0 Å². The Labute approximate surface area is 146 Å². The third-order valence-electron chi connectivity index (χ3n) is 3.84. The molecule has 1 unspecified atom stereocenters. The predicted octanol–water partition coefficient (Wildman–Crippen LogP) is 6.01. The largest absolute Gasteiger partial charge is 0.265 e. The minimum atomic E-state index is 0.0512. The van der Waals surface area contributed by atoms with Gasteiger partial charge in [0, 0.05) is 5.70 Å². The summed E-state index contributed by atoms with van der Waals surface area (Å²) in [5, 5.41) is 1.94. The molecule has 0 amide bonds. The minimum Gasteiger partial charge on any atom is -0.265 e. The molecular formula is C22H27NO. The molecule has 2 aromatic carbocycles. The molecule has 1 atom stereocenters. The van der Waals surface area contributed by atoms with E-state index in [-0.39, 0.29) is 6.10 Å². The van der Waals surface area contributed by atoms with Crippen LogP contribution >= 0.6 is 0 Å². The van der Waals surface area contributed by atoms with Crippen LogP contribution in [0.1, 0.15) is 43.9 Å². The molecular weight excluding hydrogens is 294 g/mol. The van der Waals surface area contributed by atoms with Crippen LogP contribution in [0, 0.1) is 0 Å². The highest BCUT2D eigenvalue weighted by molar-refractivity contribution is 5.51. The lowest BCUT2D eigenvalue weighted by Crippen LogP contribution is -2.25. The van der Waals surface area contributed by atoms with Gasteiger partial charge in [0.25, 0.3) is 0 Å². The van der Waals surface area contributed by atoms with Crippen molar-refractivity contribution in [2.45, 2.75) is 32.8 Å². The molecule has 24 heavy (non-hydrogen) atoms. The molecule has 0 bridgehead atoms. The maximum absolute atomic E-state index is 6.35. The number of hydroxylamine groups is 2. The fraction of sp³-hybridized carbons (Fsp3) is 0.273. The monoisotopic (exact) mass is 321 g/mol. The van der Waals surface area contributed by atoms with Crippen LogP contribution in [0.25, 0.3) is 6.08 Å². The lowest BCUT2D eigenvalue weighted by Gasteiger charge is -2.29. The van der Waals surface area contributed by atoms with Crippen molar-refractivity contribution < 1.29 is 4.84 Å². The highest BCUT2D eigenvalue weighted by Crippen LogP contribution is 2.26. The Balaban J connectivity index is 2.19. The summed E-state index contributed by atoms with van der Waals surface area (Å²) in [5.41, 5.74) is 3.44. The van der Waals surface area contributed by atoms with E-state index in [4.69, 9.17) is 4.84 Å². The highest BCUT2D eigenvalue weighted by Gasteiger charge is 2.16. The van der Waals surface area contributed by atoms with Crippen molar-refractivity contribution in [2.75, 3.05) is 6.54 Å². The summed E-state index contributed by atoms with van der Waals surface area (Å²) in [4.78, 5) is 6.35. The van der Waals surface area contributed by atoms with Gasteiger partial charge in [0.2, 0.25) is 0 Å². The second-order valence-electron chi connectivity index (χ2n) is 5.84. The quantitative estimate of drug-likeness (QED) is 0.414. The summed E-state index contributed by atoms with van der Waals surface area (Å²) in [5.74, 6) is 0. The molecule has 2 rings (SSSR count). The van der Waals surface area contributed by atoms with E-state index in [0.717, 1.165) is 18.5 Å². The average molecular weight is 321 g/mol. The lowest BCUT2D eigenvalue weighted by atomic mass is 10.1. The van der Waals surface area contributed by atoms with Crippen LogP contribution in [-0.4, -0.2) is 11.6 Å². The molecule has 0 radical (unpaired) electrons. The van der Waals surface area contributed by atoms with Crippen molar-refractivity contribution in [3.63, 3.8) is 0 Å². The van der Waals surface area contributed by atoms with Crippen LogP contribution in [0.3, 0.4) is 0 Å². The van der Waals surface area contributed by atoms with Crippen molar-refractivity contribution in [1.29, 1.82) is 0 Å². The molecule has 0 fully saturated rings. The molecule has 0 aromatic heterocycles. The first-order valence-corrected chi connectivity index (χ1v) is 8.58. The maximum atomic E-state index is 6.35. The lowest BCUT2D eigenvalue weighted by molar-refractivity contribution is -0.171. The van der Waals surface area contributed by atoms with E-state index in [0.29, 0.717) is 6.54 Å². The molecule has 0 aliphatic carbocycles. The smallest absolute Gasteiger partial charge is 0.111 e. The second-order valence-corrected chi connectivity index (χ2v) is 5.84. The maximum Gasteiger partial charge on any atom is 0.111 e. The normalized spacial score (nSPS) is 12.7. The van der Waals surface area contributed by atoms with Crippen LogP contribution in [0.4, 0.5) is 0 Å². The van der Waals surface area contributed by atoms with Gasteiger partial charge >= 0.3 is 0 Å². The van der Waals surface area contributed by atoms with Crippen molar-refractivity contribution in [2.24, 2.45) is 0 Å². The van der Waals surface area contributed by atoms with Gasteiger partial charge in [-0.15, -0.1) is 6.58 Å². The zero-order valence-corrected chi connectivity index (χ0v) is 14.7. The Morgan fingerprint density at radius 2 is 1.71 bits per heavy atom. The van der Waals surface area contributed by atoms with Crippen LogP contribution in [0.2, 0.25) is 0 Å². The SMILES string of the molecule is C=CCN(OC(CCC)c1ccccc1)/C(C)=C/c1ccccc1. The third-order valence-corrected chi connectivity index (χ3v) is 3.84. The topological polar surface area (TPSA) is 12.5 Å². The van der Waals surface area contributed by atoms with Gasteiger partial charge in [0.1, 0.15) is 6.10 Å². The molecule has 0 spiro atoms. The minimum absolute atomic E-state index is 0.0512. The van der Waals surface area contributed by atoms with E-state index in [1.165, 1.54) is 11.1 Å². The van der Waals surface area contributed by atoms with E-state index in [1.54, 1.807) is 0 Å². The number of rotatable bonds is 9. The van der Waals surface area contributed by atoms with Crippen molar-refractivity contribution in [1.82, 2.24) is 5.06 Å². The van der Waals surface area contributed by atoms with Crippen LogP contribution < -0.4 is 0 Å². The highest BCUT2D eigenvalue weighted by atomic mass is 16.7. The molecule has 2 aromatic rings. The first kappa shape index (κ1) is 18.0. The molecule has 0 heterocycles. The van der Waals surface area contributed by atoms with Crippen LogP contribution in [-0.2, 0) is 4.84 Å². The molecule has 0 saturated heterocycles. The molecule has 2 heteroatoms. The summed E-state index contributed by atoms with van der Waals surface area (Å²) >= 11 is 0. The number of hydrogen-bond donors (Lipinski definition) is 0. The summed E-state index contributed by atoms with van der Waals surface area (Å²) < 4.78 is 0. The summed E-state index contributed by atoms with van der Waals surface area (Å²) in [6.45, 7) is 8.78. The van der Waals surface area contributed by atoms with Gasteiger partial charge in [-0.2, -0.15) is 0 Å². The molecule has 0 aliphatic heterocycles. The number of benzene rings is 2. The van der Waals surface area contributed by atoms with E-state index in [1.807, 2.05) is 35.4 Å². The van der Waals surface area contributed by atoms with E-state index >= 15 is 0 Å². The number of nitrogens with zero attached hydrogens (tertiary/aromatic N) is 1. The van der Waals surface area contributed by atoms with E-state index < -0.39 is 0 Å². The summed E-state index contributed by atoms with van der Waals surface area (Å²) in [6.07, 6.45) is 6.11. The fourth-order valence-corrected chi connectivity index (χ4v) is 2.61. The van der Waals surface area contributed by atoms with E-state index in [9.17, 15) is 0 Å². The molecule has 126 valence electrons. The van der Waals surface area contributed by atoms with E-state index in [2.05, 4.69) is 62.9 Å². The van der Waals surface area contributed by atoms with Crippen LogP contribution in [0.15, 0.2) is 79.0 Å². The van der Waals surface area contributed by atoms with Crippen molar-refractivity contribution in [3.8, 4) is 0 Å². The van der Waals surface area contributed by atoms with Gasteiger partial charge in [0.05, 0.1) is 6.54 Å². The predicted molar refractivity (Wildman–Crippen MR) is 102 cm³/mol. The first-order chi connectivity index (χ1) is 11.7. The molecule has 0 saturated carbocycles. The van der Waals surface area contributed by atoms with Crippen molar-refractivity contribution in [3.05, 3.63) is 90.1 Å². The summed E-state index contributed by atoms with van der Waals surface area (Å²) in [6, 6.07) is 20.7. The van der Waals surface area contributed by atoms with Gasteiger partial charge in [0.15, 0.2) is 0 Å². The Morgan fingerprint density at radius 3 is 2.29 bits per heavy atom. The zero-order valence-electron chi connectivity index (χ0n) is 14.7. The number of allylic oxidation sites excluding steroid dienone is 1. The third kappa shape index (κ3) is 5.39. The Morgan fingerprint density at radius 1 is 1.08 bits per heavy atom. The Hall–Kier alpha value is -2.32.